The fraction of sp³-hybridized carbons (Fsp3) is 0.400. The van der Waals surface area contributed by atoms with Gasteiger partial charge in [-0.3, -0.25) is 0 Å². The Hall–Kier alpha value is -1.85. The molecule has 2 aromatic carbocycles. The molecular formula is C20H26N2O2S. The molecule has 0 aromatic heterocycles. The van der Waals surface area contributed by atoms with Crippen LogP contribution in [-0.4, -0.2) is 28.1 Å². The molecule has 1 aliphatic heterocycles. The molecular weight excluding hydrogens is 332 g/mol. The van der Waals surface area contributed by atoms with E-state index < -0.39 is 10.0 Å². The second kappa shape index (κ2) is 8.02. The molecule has 0 saturated carbocycles. The van der Waals surface area contributed by atoms with Crippen molar-refractivity contribution in [3.05, 3.63) is 65.2 Å². The van der Waals surface area contributed by atoms with Crippen LogP contribution in [0.5, 0.6) is 0 Å². The van der Waals surface area contributed by atoms with E-state index in [2.05, 4.69) is 33.9 Å². The van der Waals surface area contributed by atoms with E-state index in [9.17, 15) is 8.42 Å². The van der Waals surface area contributed by atoms with Crippen LogP contribution < -0.4 is 9.62 Å². The third-order valence-corrected chi connectivity index (χ3v) is 5.94. The van der Waals surface area contributed by atoms with E-state index in [4.69, 9.17) is 0 Å². The third kappa shape index (κ3) is 5.31. The summed E-state index contributed by atoms with van der Waals surface area (Å²) < 4.78 is 27.1. The van der Waals surface area contributed by atoms with Gasteiger partial charge in [-0.25, -0.2) is 13.1 Å². The molecule has 0 atom stereocenters. The summed E-state index contributed by atoms with van der Waals surface area (Å²) in [6.07, 6.45) is 3.24. The Bertz CT molecular complexity index is 795. The Morgan fingerprint density at radius 1 is 1.00 bits per heavy atom. The van der Waals surface area contributed by atoms with Gasteiger partial charge >= 0.3 is 0 Å². The summed E-state index contributed by atoms with van der Waals surface area (Å²) in [4.78, 5) is 2.40. The monoisotopic (exact) mass is 358 g/mol. The number of hydrogen-bond donors (Lipinski definition) is 1. The van der Waals surface area contributed by atoms with Crippen LogP contribution in [-0.2, 0) is 22.2 Å². The zero-order valence-corrected chi connectivity index (χ0v) is 15.6. The predicted octanol–water partition coefficient (Wildman–Crippen LogP) is 3.26. The van der Waals surface area contributed by atoms with Gasteiger partial charge in [-0.15, -0.1) is 0 Å². The molecule has 0 bridgehead atoms. The number of anilines is 1. The van der Waals surface area contributed by atoms with Crippen LogP contribution in [0.2, 0.25) is 0 Å². The second-order valence-electron chi connectivity index (χ2n) is 6.75. The zero-order chi connectivity index (χ0) is 17.7. The minimum atomic E-state index is -3.30. The molecule has 1 fully saturated rings. The van der Waals surface area contributed by atoms with Crippen molar-refractivity contribution in [3.8, 4) is 0 Å². The number of nitrogens with zero attached hydrogens (tertiary/aromatic N) is 1. The molecule has 1 aliphatic rings. The minimum Gasteiger partial charge on any atom is -0.372 e. The largest absolute Gasteiger partial charge is 0.372 e. The van der Waals surface area contributed by atoms with Crippen LogP contribution >= 0.6 is 0 Å². The lowest BCUT2D eigenvalue weighted by molar-refractivity contribution is 0.581. The Kier molecular flexibility index (Phi) is 5.76. The fourth-order valence-corrected chi connectivity index (χ4v) is 4.41. The van der Waals surface area contributed by atoms with E-state index in [1.54, 1.807) is 0 Å². The van der Waals surface area contributed by atoms with Crippen molar-refractivity contribution < 1.29 is 8.42 Å². The number of sulfonamides is 1. The fourth-order valence-electron chi connectivity index (χ4n) is 3.27. The van der Waals surface area contributed by atoms with Gasteiger partial charge < -0.3 is 4.90 Å². The van der Waals surface area contributed by atoms with Gasteiger partial charge in [0.25, 0.3) is 0 Å². The van der Waals surface area contributed by atoms with Gasteiger partial charge in [-0.2, -0.15) is 0 Å². The van der Waals surface area contributed by atoms with Crippen molar-refractivity contribution in [2.24, 2.45) is 0 Å². The van der Waals surface area contributed by atoms with Crippen molar-refractivity contribution in [2.75, 3.05) is 24.5 Å². The van der Waals surface area contributed by atoms with E-state index >= 15 is 0 Å². The molecule has 0 radical (unpaired) electrons. The van der Waals surface area contributed by atoms with Gasteiger partial charge in [0.2, 0.25) is 10.0 Å². The standard InChI is InChI=1S/C20H26N2O2S/c1-17-5-4-6-19(15-17)16-25(23,24)21-12-11-18-7-9-20(10-8-18)22-13-2-3-14-22/h4-10,15,21H,2-3,11-14,16H2,1H3. The molecule has 25 heavy (non-hydrogen) atoms. The zero-order valence-electron chi connectivity index (χ0n) is 14.7. The SMILES string of the molecule is Cc1cccc(CS(=O)(=O)NCCc2ccc(N3CCCC3)cc2)c1. The number of nitrogens with one attached hydrogen (secondary N) is 1. The molecule has 1 saturated heterocycles. The highest BCUT2D eigenvalue weighted by Crippen LogP contribution is 2.20. The van der Waals surface area contributed by atoms with E-state index in [1.807, 2.05) is 31.2 Å². The number of benzene rings is 2. The Morgan fingerprint density at radius 3 is 2.40 bits per heavy atom. The van der Waals surface area contributed by atoms with Crippen LogP contribution in [0, 0.1) is 6.92 Å². The Balaban J connectivity index is 1.49. The van der Waals surface area contributed by atoms with Gasteiger partial charge in [0, 0.05) is 25.3 Å². The number of rotatable bonds is 7. The van der Waals surface area contributed by atoms with Gasteiger partial charge in [-0.05, 0) is 49.4 Å². The molecule has 0 spiro atoms. The molecule has 1 heterocycles. The first-order valence-electron chi connectivity index (χ1n) is 8.89. The normalized spacial score (nSPS) is 14.8. The lowest BCUT2D eigenvalue weighted by atomic mass is 10.1. The van der Waals surface area contributed by atoms with Crippen LogP contribution in [0.4, 0.5) is 5.69 Å². The van der Waals surface area contributed by atoms with E-state index in [0.717, 1.165) is 29.8 Å². The van der Waals surface area contributed by atoms with E-state index in [0.29, 0.717) is 13.0 Å². The summed E-state index contributed by atoms with van der Waals surface area (Å²) in [5.41, 5.74) is 4.32. The van der Waals surface area contributed by atoms with Crippen molar-refractivity contribution in [1.29, 1.82) is 0 Å². The lowest BCUT2D eigenvalue weighted by Gasteiger charge is -2.17. The molecule has 0 amide bonds. The lowest BCUT2D eigenvalue weighted by Crippen LogP contribution is -2.27. The van der Waals surface area contributed by atoms with Crippen LogP contribution in [0.25, 0.3) is 0 Å². The maximum Gasteiger partial charge on any atom is 0.215 e. The summed E-state index contributed by atoms with van der Waals surface area (Å²) in [5, 5.41) is 0. The molecule has 1 N–H and O–H groups in total. The Morgan fingerprint density at radius 2 is 1.72 bits per heavy atom. The topological polar surface area (TPSA) is 49.4 Å². The predicted molar refractivity (Wildman–Crippen MR) is 103 cm³/mol. The van der Waals surface area contributed by atoms with Gasteiger partial charge in [0.15, 0.2) is 0 Å². The maximum atomic E-state index is 12.2. The van der Waals surface area contributed by atoms with Gasteiger partial charge in [0.05, 0.1) is 5.75 Å². The van der Waals surface area contributed by atoms with Crippen molar-refractivity contribution >= 4 is 15.7 Å². The molecule has 5 heteroatoms. The van der Waals surface area contributed by atoms with Crippen molar-refractivity contribution in [1.82, 2.24) is 4.72 Å². The first-order valence-corrected chi connectivity index (χ1v) is 10.5. The number of aryl methyl sites for hydroxylation is 1. The quantitative estimate of drug-likeness (QED) is 0.826. The highest BCUT2D eigenvalue weighted by atomic mass is 32.2. The first kappa shape index (κ1) is 18.0. The van der Waals surface area contributed by atoms with Crippen molar-refractivity contribution in [3.63, 3.8) is 0 Å². The van der Waals surface area contributed by atoms with Crippen LogP contribution in [0.1, 0.15) is 29.5 Å². The Labute approximate surface area is 150 Å². The molecule has 3 rings (SSSR count). The van der Waals surface area contributed by atoms with E-state index in [1.165, 1.54) is 18.5 Å². The van der Waals surface area contributed by atoms with Crippen LogP contribution in [0.3, 0.4) is 0 Å². The summed E-state index contributed by atoms with van der Waals surface area (Å²) in [7, 11) is -3.30. The minimum absolute atomic E-state index is 0.0303. The molecule has 0 unspecified atom stereocenters. The van der Waals surface area contributed by atoms with E-state index in [-0.39, 0.29) is 5.75 Å². The summed E-state index contributed by atoms with van der Waals surface area (Å²) in [5.74, 6) is 0.0303. The van der Waals surface area contributed by atoms with Crippen LogP contribution in [0.15, 0.2) is 48.5 Å². The first-order chi connectivity index (χ1) is 12.0. The maximum absolute atomic E-state index is 12.2. The third-order valence-electron chi connectivity index (χ3n) is 4.58. The second-order valence-corrected chi connectivity index (χ2v) is 8.56. The average molecular weight is 359 g/mol. The molecule has 2 aromatic rings. The number of hydrogen-bond acceptors (Lipinski definition) is 3. The summed E-state index contributed by atoms with van der Waals surface area (Å²) in [6.45, 7) is 4.67. The molecule has 0 aliphatic carbocycles. The highest BCUT2D eigenvalue weighted by Gasteiger charge is 2.13. The average Bonchev–Trinajstić information content (AvgIpc) is 3.09. The molecule has 4 nitrogen and oxygen atoms in total. The van der Waals surface area contributed by atoms with Gasteiger partial charge in [-0.1, -0.05) is 42.0 Å². The molecule has 134 valence electrons. The summed E-state index contributed by atoms with van der Waals surface area (Å²) in [6, 6.07) is 16.1. The van der Waals surface area contributed by atoms with Crippen molar-refractivity contribution in [2.45, 2.75) is 31.9 Å². The highest BCUT2D eigenvalue weighted by molar-refractivity contribution is 7.88. The van der Waals surface area contributed by atoms with Gasteiger partial charge in [0.1, 0.15) is 0 Å². The summed E-state index contributed by atoms with van der Waals surface area (Å²) >= 11 is 0. The smallest absolute Gasteiger partial charge is 0.215 e.